The molecule has 2 nitrogen and oxygen atoms in total. The number of halogens is 2. The number of nitrogens with one attached hydrogen (secondary N) is 1. The molecule has 0 aliphatic rings. The van der Waals surface area contributed by atoms with Crippen LogP contribution in [0, 0.1) is 0 Å². The van der Waals surface area contributed by atoms with Crippen LogP contribution < -0.4 is 5.32 Å². The third-order valence-corrected chi connectivity index (χ3v) is 2.97. The highest BCUT2D eigenvalue weighted by Crippen LogP contribution is 2.29. The van der Waals surface area contributed by atoms with Crippen LogP contribution >= 0.6 is 23.2 Å². The molecule has 0 spiro atoms. The maximum absolute atomic E-state index is 6.15. The van der Waals surface area contributed by atoms with Crippen LogP contribution in [0.15, 0.2) is 36.5 Å². The van der Waals surface area contributed by atoms with Gasteiger partial charge in [-0.2, -0.15) is 0 Å². The Morgan fingerprint density at radius 2 is 2.00 bits per heavy atom. The average Bonchev–Trinajstić information content (AvgIpc) is 2.33. The molecule has 1 aromatic carbocycles. The maximum atomic E-state index is 6.15. The molecule has 17 heavy (non-hydrogen) atoms. The normalized spacial score (nSPS) is 10.5. The molecule has 0 amide bonds. The van der Waals surface area contributed by atoms with Gasteiger partial charge in [0.25, 0.3) is 0 Å². The van der Waals surface area contributed by atoms with Crippen LogP contribution in [-0.2, 0) is 6.54 Å². The van der Waals surface area contributed by atoms with Gasteiger partial charge >= 0.3 is 0 Å². The van der Waals surface area contributed by atoms with Gasteiger partial charge in [0.15, 0.2) is 0 Å². The zero-order valence-corrected chi connectivity index (χ0v) is 10.9. The Kier molecular flexibility index (Phi) is 4.00. The molecule has 0 saturated heterocycles. The van der Waals surface area contributed by atoms with Crippen molar-refractivity contribution in [1.82, 2.24) is 10.3 Å². The molecule has 0 unspecified atom stereocenters. The van der Waals surface area contributed by atoms with Gasteiger partial charge in [0.05, 0.1) is 10.7 Å². The summed E-state index contributed by atoms with van der Waals surface area (Å²) in [6.07, 6.45) is 1.78. The second-order valence-electron chi connectivity index (χ2n) is 3.70. The van der Waals surface area contributed by atoms with E-state index in [4.69, 9.17) is 23.2 Å². The van der Waals surface area contributed by atoms with Gasteiger partial charge in [-0.25, -0.2) is 0 Å². The third kappa shape index (κ3) is 2.97. The van der Waals surface area contributed by atoms with Crippen molar-refractivity contribution in [2.75, 3.05) is 7.05 Å². The van der Waals surface area contributed by atoms with Crippen molar-refractivity contribution >= 4 is 23.2 Å². The SMILES string of the molecule is CNCc1ccnc(-c2cc(Cl)ccc2Cl)c1. The Morgan fingerprint density at radius 3 is 2.76 bits per heavy atom. The van der Waals surface area contributed by atoms with Gasteiger partial charge in [-0.1, -0.05) is 23.2 Å². The Balaban J connectivity index is 2.45. The second kappa shape index (κ2) is 5.50. The number of benzene rings is 1. The number of nitrogens with zero attached hydrogens (tertiary/aromatic N) is 1. The van der Waals surface area contributed by atoms with Gasteiger partial charge in [-0.05, 0) is 42.9 Å². The van der Waals surface area contributed by atoms with Gasteiger partial charge in [0.1, 0.15) is 0 Å². The molecule has 0 bridgehead atoms. The number of hydrogen-bond donors (Lipinski definition) is 1. The monoisotopic (exact) mass is 266 g/mol. The van der Waals surface area contributed by atoms with E-state index in [2.05, 4.69) is 10.3 Å². The molecule has 4 heteroatoms. The van der Waals surface area contributed by atoms with Crippen LogP contribution in [0.5, 0.6) is 0 Å². The van der Waals surface area contributed by atoms with Crippen molar-refractivity contribution in [3.63, 3.8) is 0 Å². The summed E-state index contributed by atoms with van der Waals surface area (Å²) in [6.45, 7) is 0.799. The number of pyridine rings is 1. The lowest BCUT2D eigenvalue weighted by Gasteiger charge is -2.06. The fraction of sp³-hybridized carbons (Fsp3) is 0.154. The topological polar surface area (TPSA) is 24.9 Å². The lowest BCUT2D eigenvalue weighted by atomic mass is 10.1. The fourth-order valence-corrected chi connectivity index (χ4v) is 2.02. The molecular formula is C13H12Cl2N2. The zero-order valence-electron chi connectivity index (χ0n) is 9.37. The Hall–Kier alpha value is -1.09. The van der Waals surface area contributed by atoms with Gasteiger partial charge in [-0.3, -0.25) is 4.98 Å². The largest absolute Gasteiger partial charge is 0.316 e. The van der Waals surface area contributed by atoms with Crippen molar-refractivity contribution < 1.29 is 0 Å². The minimum atomic E-state index is 0.656. The predicted molar refractivity (Wildman–Crippen MR) is 72.5 cm³/mol. The van der Waals surface area contributed by atoms with Crippen molar-refractivity contribution in [2.45, 2.75) is 6.54 Å². The molecule has 1 N–H and O–H groups in total. The Bertz CT molecular complexity index is 527. The number of aromatic nitrogens is 1. The molecule has 0 aliphatic carbocycles. The quantitative estimate of drug-likeness (QED) is 0.915. The van der Waals surface area contributed by atoms with E-state index in [0.29, 0.717) is 10.0 Å². The molecule has 0 aliphatic heterocycles. The van der Waals surface area contributed by atoms with Gasteiger partial charge in [0.2, 0.25) is 0 Å². The summed E-state index contributed by atoms with van der Waals surface area (Å²) in [4.78, 5) is 4.32. The number of hydrogen-bond acceptors (Lipinski definition) is 2. The van der Waals surface area contributed by atoms with Crippen molar-refractivity contribution in [3.05, 3.63) is 52.1 Å². The first-order valence-electron chi connectivity index (χ1n) is 5.25. The van der Waals surface area contributed by atoms with E-state index in [0.717, 1.165) is 23.4 Å². The first-order chi connectivity index (χ1) is 8.20. The molecule has 1 aromatic heterocycles. The smallest absolute Gasteiger partial charge is 0.0720 e. The van der Waals surface area contributed by atoms with E-state index in [1.165, 1.54) is 0 Å². The van der Waals surface area contributed by atoms with Gasteiger partial charge < -0.3 is 5.32 Å². The zero-order chi connectivity index (χ0) is 12.3. The summed E-state index contributed by atoms with van der Waals surface area (Å²) in [5.41, 5.74) is 2.86. The summed E-state index contributed by atoms with van der Waals surface area (Å²) in [7, 11) is 1.91. The lowest BCUT2D eigenvalue weighted by Crippen LogP contribution is -2.05. The maximum Gasteiger partial charge on any atom is 0.0720 e. The first kappa shape index (κ1) is 12.4. The van der Waals surface area contributed by atoms with Crippen LogP contribution in [0.3, 0.4) is 0 Å². The average molecular weight is 267 g/mol. The van der Waals surface area contributed by atoms with Crippen LogP contribution in [0.4, 0.5) is 0 Å². The summed E-state index contributed by atoms with van der Waals surface area (Å²) in [5.74, 6) is 0. The van der Waals surface area contributed by atoms with Crippen LogP contribution in [0.2, 0.25) is 10.0 Å². The molecule has 2 rings (SSSR count). The highest BCUT2D eigenvalue weighted by Gasteiger charge is 2.06. The minimum Gasteiger partial charge on any atom is -0.316 e. The molecule has 0 atom stereocenters. The highest BCUT2D eigenvalue weighted by atomic mass is 35.5. The van der Waals surface area contributed by atoms with E-state index in [-0.39, 0.29) is 0 Å². The standard InChI is InChI=1S/C13H12Cl2N2/c1-16-8-9-4-5-17-13(6-9)11-7-10(14)2-3-12(11)15/h2-7,16H,8H2,1H3. The van der Waals surface area contributed by atoms with Crippen LogP contribution in [0.1, 0.15) is 5.56 Å². The highest BCUT2D eigenvalue weighted by molar-refractivity contribution is 6.35. The van der Waals surface area contributed by atoms with E-state index in [1.807, 2.05) is 25.2 Å². The Morgan fingerprint density at radius 1 is 1.18 bits per heavy atom. The molecule has 2 aromatic rings. The molecule has 0 fully saturated rings. The predicted octanol–water partition coefficient (Wildman–Crippen LogP) is 3.77. The molecule has 1 heterocycles. The number of rotatable bonds is 3. The molecule has 88 valence electrons. The van der Waals surface area contributed by atoms with Crippen molar-refractivity contribution in [3.8, 4) is 11.3 Å². The molecule has 0 saturated carbocycles. The molecular weight excluding hydrogens is 255 g/mol. The fourth-order valence-electron chi connectivity index (χ4n) is 1.63. The minimum absolute atomic E-state index is 0.656. The summed E-state index contributed by atoms with van der Waals surface area (Å²) >= 11 is 12.1. The third-order valence-electron chi connectivity index (χ3n) is 2.41. The summed E-state index contributed by atoms with van der Waals surface area (Å²) in [5, 5.41) is 4.42. The van der Waals surface area contributed by atoms with Gasteiger partial charge in [0, 0.05) is 23.3 Å². The van der Waals surface area contributed by atoms with Crippen molar-refractivity contribution in [1.29, 1.82) is 0 Å². The molecule has 0 radical (unpaired) electrons. The van der Waals surface area contributed by atoms with Crippen LogP contribution in [0.25, 0.3) is 11.3 Å². The van der Waals surface area contributed by atoms with E-state index < -0.39 is 0 Å². The summed E-state index contributed by atoms with van der Waals surface area (Å²) in [6, 6.07) is 9.36. The lowest BCUT2D eigenvalue weighted by molar-refractivity contribution is 0.816. The summed E-state index contributed by atoms with van der Waals surface area (Å²) < 4.78 is 0. The van der Waals surface area contributed by atoms with E-state index in [1.54, 1.807) is 18.3 Å². The van der Waals surface area contributed by atoms with Gasteiger partial charge in [-0.15, -0.1) is 0 Å². The second-order valence-corrected chi connectivity index (χ2v) is 4.55. The van der Waals surface area contributed by atoms with Crippen LogP contribution in [-0.4, -0.2) is 12.0 Å². The first-order valence-corrected chi connectivity index (χ1v) is 6.01. The van der Waals surface area contributed by atoms with E-state index in [9.17, 15) is 0 Å². The van der Waals surface area contributed by atoms with Crippen molar-refractivity contribution in [2.24, 2.45) is 0 Å². The Labute approximate surface area is 111 Å². The van der Waals surface area contributed by atoms with E-state index >= 15 is 0 Å².